The van der Waals surface area contributed by atoms with Crippen molar-refractivity contribution in [1.29, 1.82) is 5.26 Å². The van der Waals surface area contributed by atoms with Crippen LogP contribution >= 0.6 is 0 Å². The minimum atomic E-state index is -0.593. The molecule has 3 aromatic rings. The van der Waals surface area contributed by atoms with E-state index in [1.165, 1.54) is 11.8 Å². The van der Waals surface area contributed by atoms with Crippen molar-refractivity contribution in [3.05, 3.63) is 42.2 Å². The summed E-state index contributed by atoms with van der Waals surface area (Å²) in [5.41, 5.74) is 1.52. The van der Waals surface area contributed by atoms with Gasteiger partial charge < -0.3 is 9.47 Å². The molecule has 3 rings (SSSR count). The Morgan fingerprint density at radius 1 is 1.26 bits per heavy atom. The number of benzene rings is 1. The topological polar surface area (TPSA) is 102 Å². The molecule has 0 radical (unpaired) electrons. The highest BCUT2D eigenvalue weighted by Gasteiger charge is 2.18. The maximum Gasteiger partial charge on any atom is 0.412 e. The van der Waals surface area contributed by atoms with Gasteiger partial charge >= 0.3 is 6.09 Å². The Morgan fingerprint density at radius 2 is 2.04 bits per heavy atom. The van der Waals surface area contributed by atoms with Gasteiger partial charge in [0, 0.05) is 23.3 Å². The molecule has 0 spiro atoms. The molecule has 2 heterocycles. The number of methoxy groups -OCH3 is 1. The van der Waals surface area contributed by atoms with Gasteiger partial charge in [-0.15, -0.1) is 0 Å². The number of carbonyl (C=O) groups excluding carboxylic acids is 1. The number of aromatic nitrogens is 3. The van der Waals surface area contributed by atoms with Gasteiger partial charge in [0.25, 0.3) is 0 Å². The number of rotatable bonds is 3. The third-order valence-corrected chi connectivity index (χ3v) is 3.60. The summed E-state index contributed by atoms with van der Waals surface area (Å²) in [6.45, 7) is 5.37. The van der Waals surface area contributed by atoms with Crippen molar-refractivity contribution in [2.75, 3.05) is 12.4 Å². The first-order chi connectivity index (χ1) is 12.8. The summed E-state index contributed by atoms with van der Waals surface area (Å²) in [4.78, 5) is 16.0. The first kappa shape index (κ1) is 18.2. The monoisotopic (exact) mass is 365 g/mol. The molecule has 0 aliphatic carbocycles. The molecular weight excluding hydrogens is 346 g/mol. The molecule has 0 saturated heterocycles. The molecule has 1 amide bonds. The smallest absolute Gasteiger partial charge is 0.412 e. The van der Waals surface area contributed by atoms with Crippen LogP contribution in [0.15, 0.2) is 36.5 Å². The fourth-order valence-electron chi connectivity index (χ4n) is 2.52. The van der Waals surface area contributed by atoms with Crippen LogP contribution in [0.25, 0.3) is 16.6 Å². The Bertz CT molecular complexity index is 1040. The summed E-state index contributed by atoms with van der Waals surface area (Å²) in [7, 11) is 1.52. The van der Waals surface area contributed by atoms with Crippen LogP contribution in [0.5, 0.6) is 5.88 Å². The van der Waals surface area contributed by atoms with Crippen LogP contribution in [-0.2, 0) is 4.74 Å². The van der Waals surface area contributed by atoms with Crippen molar-refractivity contribution in [3.63, 3.8) is 0 Å². The molecule has 8 heteroatoms. The van der Waals surface area contributed by atoms with Gasteiger partial charge in [-0.3, -0.25) is 5.32 Å². The van der Waals surface area contributed by atoms with E-state index < -0.39 is 11.7 Å². The average molecular weight is 365 g/mol. The lowest BCUT2D eigenvalue weighted by Crippen LogP contribution is -2.27. The van der Waals surface area contributed by atoms with Crippen LogP contribution in [0.3, 0.4) is 0 Å². The molecule has 0 fully saturated rings. The van der Waals surface area contributed by atoms with E-state index in [1.807, 2.05) is 0 Å². The molecule has 0 bridgehead atoms. The third kappa shape index (κ3) is 3.98. The number of ether oxygens (including phenoxy) is 2. The van der Waals surface area contributed by atoms with Gasteiger partial charge in [0.1, 0.15) is 11.7 Å². The largest absolute Gasteiger partial charge is 0.481 e. The minimum absolute atomic E-state index is 0.377. The molecule has 8 nitrogen and oxygen atoms in total. The molecule has 138 valence electrons. The highest BCUT2D eigenvalue weighted by molar-refractivity contribution is 5.92. The number of nitrogens with zero attached hydrogens (tertiary/aromatic N) is 4. The number of carbonyl (C=O) groups is 1. The van der Waals surface area contributed by atoms with E-state index in [4.69, 9.17) is 9.47 Å². The number of pyridine rings is 1. The maximum absolute atomic E-state index is 12.0. The zero-order chi connectivity index (χ0) is 19.6. The lowest BCUT2D eigenvalue weighted by Gasteiger charge is -2.19. The summed E-state index contributed by atoms with van der Waals surface area (Å²) < 4.78 is 11.9. The van der Waals surface area contributed by atoms with E-state index in [9.17, 15) is 10.1 Å². The summed E-state index contributed by atoms with van der Waals surface area (Å²) in [5.74, 6) is 0.420. The fourth-order valence-corrected chi connectivity index (χ4v) is 2.52. The Morgan fingerprint density at radius 3 is 2.70 bits per heavy atom. The quantitative estimate of drug-likeness (QED) is 0.760. The van der Waals surface area contributed by atoms with Gasteiger partial charge in [-0.2, -0.15) is 10.4 Å². The average Bonchev–Trinajstić information content (AvgIpc) is 2.97. The predicted molar refractivity (Wildman–Crippen MR) is 100.0 cm³/mol. The number of anilines is 1. The molecule has 0 saturated carbocycles. The van der Waals surface area contributed by atoms with Gasteiger partial charge in [0.15, 0.2) is 5.69 Å². The summed E-state index contributed by atoms with van der Waals surface area (Å²) in [6.07, 6.45) is 1.03. The van der Waals surface area contributed by atoms with Gasteiger partial charge in [0.2, 0.25) is 5.88 Å². The molecule has 0 unspecified atom stereocenters. The second-order valence-corrected chi connectivity index (χ2v) is 6.79. The van der Waals surface area contributed by atoms with Gasteiger partial charge in [0.05, 0.1) is 18.3 Å². The van der Waals surface area contributed by atoms with Crippen molar-refractivity contribution >= 4 is 22.7 Å². The molecule has 27 heavy (non-hydrogen) atoms. The SMILES string of the molecule is COc1cc(-n2nc3cc(NC(=O)OC(C)(C)C)ccc3c2C#N)ccn1. The predicted octanol–water partition coefficient (Wildman–Crippen LogP) is 3.65. The number of hydrogen-bond donors (Lipinski definition) is 1. The maximum atomic E-state index is 12.0. The molecule has 0 aliphatic rings. The first-order valence-corrected chi connectivity index (χ1v) is 8.24. The van der Waals surface area contributed by atoms with Crippen molar-refractivity contribution in [2.24, 2.45) is 0 Å². The third-order valence-electron chi connectivity index (χ3n) is 3.60. The Balaban J connectivity index is 1.98. The van der Waals surface area contributed by atoms with Gasteiger partial charge in [-0.25, -0.2) is 14.5 Å². The fraction of sp³-hybridized carbons (Fsp3) is 0.263. The van der Waals surface area contributed by atoms with Crippen molar-refractivity contribution in [1.82, 2.24) is 14.8 Å². The highest BCUT2D eigenvalue weighted by atomic mass is 16.6. The molecule has 1 aromatic carbocycles. The Labute approximate surface area is 156 Å². The van der Waals surface area contributed by atoms with Crippen molar-refractivity contribution in [2.45, 2.75) is 26.4 Å². The zero-order valence-electron chi connectivity index (χ0n) is 15.5. The standard InChI is InChI=1S/C19H19N5O3/c1-19(2,3)27-18(25)22-12-5-6-14-15(9-12)23-24(16(14)11-20)13-7-8-21-17(10-13)26-4/h5-10H,1-4H3,(H,22,25). The summed E-state index contributed by atoms with van der Waals surface area (Å²) in [6, 6.07) is 10.7. The van der Waals surface area contributed by atoms with Gasteiger partial charge in [-0.1, -0.05) is 0 Å². The lowest BCUT2D eigenvalue weighted by atomic mass is 10.2. The molecule has 1 N–H and O–H groups in total. The molecular formula is C19H19N5O3. The van der Waals surface area contributed by atoms with Crippen molar-refractivity contribution < 1.29 is 14.3 Å². The second-order valence-electron chi connectivity index (χ2n) is 6.79. The molecule has 0 atom stereocenters. The lowest BCUT2D eigenvalue weighted by molar-refractivity contribution is 0.0636. The summed E-state index contributed by atoms with van der Waals surface area (Å²) >= 11 is 0. The van der Waals surface area contributed by atoms with Gasteiger partial charge in [-0.05, 0) is 45.0 Å². The Hall–Kier alpha value is -3.60. The van der Waals surface area contributed by atoms with Crippen LogP contribution in [0.1, 0.15) is 26.5 Å². The zero-order valence-corrected chi connectivity index (χ0v) is 15.5. The highest BCUT2D eigenvalue weighted by Crippen LogP contribution is 2.25. The number of hydrogen-bond acceptors (Lipinski definition) is 6. The van der Waals surface area contributed by atoms with Crippen LogP contribution in [0.4, 0.5) is 10.5 Å². The van der Waals surface area contributed by atoms with E-state index in [2.05, 4.69) is 21.5 Å². The van der Waals surface area contributed by atoms with E-state index >= 15 is 0 Å². The second kappa shape index (κ2) is 6.96. The van der Waals surface area contributed by atoms with E-state index in [1.54, 1.807) is 57.3 Å². The minimum Gasteiger partial charge on any atom is -0.481 e. The molecule has 0 aliphatic heterocycles. The number of nitriles is 1. The number of fused-ring (bicyclic) bond motifs is 1. The summed E-state index contributed by atoms with van der Waals surface area (Å²) in [5, 5.41) is 17.4. The normalized spacial score (nSPS) is 11.1. The van der Waals surface area contributed by atoms with E-state index in [-0.39, 0.29) is 0 Å². The Kier molecular flexibility index (Phi) is 4.69. The van der Waals surface area contributed by atoms with E-state index in [0.29, 0.717) is 33.9 Å². The van der Waals surface area contributed by atoms with Crippen LogP contribution in [0.2, 0.25) is 0 Å². The van der Waals surface area contributed by atoms with Crippen LogP contribution in [-0.4, -0.2) is 33.6 Å². The van der Waals surface area contributed by atoms with Crippen LogP contribution < -0.4 is 10.1 Å². The van der Waals surface area contributed by atoms with E-state index in [0.717, 1.165) is 0 Å². The first-order valence-electron chi connectivity index (χ1n) is 8.24. The molecule has 2 aromatic heterocycles. The number of nitrogens with one attached hydrogen (secondary N) is 1. The number of amides is 1. The van der Waals surface area contributed by atoms with Crippen LogP contribution in [0, 0.1) is 11.3 Å². The van der Waals surface area contributed by atoms with Crippen molar-refractivity contribution in [3.8, 4) is 17.6 Å².